The number of rotatable bonds is 2. The summed E-state index contributed by atoms with van der Waals surface area (Å²) in [5, 5.41) is 3.37. The number of nitrogens with two attached hydrogens (primary N) is 1. The van der Waals surface area contributed by atoms with Gasteiger partial charge >= 0.3 is 0 Å². The average Bonchev–Trinajstić information content (AvgIpc) is 2.19. The summed E-state index contributed by atoms with van der Waals surface area (Å²) >= 11 is 0. The number of anilines is 1. The molecule has 1 aliphatic rings. The smallest absolute Gasteiger partial charge is 0.0426 e. The monoisotopic (exact) mass is 263 g/mol. The Morgan fingerprint density at radius 3 is 2.62 bits per heavy atom. The zero-order chi connectivity index (χ0) is 9.80. The highest BCUT2D eigenvalue weighted by atomic mass is 35.5. The fourth-order valence-electron chi connectivity index (χ4n) is 1.99. The maximum Gasteiger partial charge on any atom is 0.0426 e. The molecule has 92 valence electrons. The maximum absolute atomic E-state index is 5.71. The van der Waals surface area contributed by atoms with E-state index >= 15 is 0 Å². The number of piperidine rings is 1. The van der Waals surface area contributed by atoms with Gasteiger partial charge in [0.25, 0.3) is 0 Å². The number of hydrogen-bond acceptors (Lipinski definition) is 3. The summed E-state index contributed by atoms with van der Waals surface area (Å²) in [5.41, 5.74) is 7.67. The predicted molar refractivity (Wildman–Crippen MR) is 72.4 cm³/mol. The van der Waals surface area contributed by atoms with Crippen LogP contribution >= 0.6 is 24.8 Å². The zero-order valence-corrected chi connectivity index (χ0v) is 10.8. The Labute approximate surface area is 109 Å². The SMILES string of the molecule is Cl.Cl.Nc1ccnc(CC2CCNCC2)c1. The summed E-state index contributed by atoms with van der Waals surface area (Å²) < 4.78 is 0. The molecule has 2 heterocycles. The Balaban J connectivity index is 0.00000112. The highest BCUT2D eigenvalue weighted by Gasteiger charge is 2.13. The average molecular weight is 264 g/mol. The van der Waals surface area contributed by atoms with E-state index < -0.39 is 0 Å². The third-order valence-electron chi connectivity index (χ3n) is 2.80. The number of hydrogen-bond donors (Lipinski definition) is 2. The van der Waals surface area contributed by atoms with E-state index in [-0.39, 0.29) is 24.8 Å². The Bertz CT molecular complexity index is 301. The van der Waals surface area contributed by atoms with Crippen molar-refractivity contribution in [2.24, 2.45) is 5.92 Å². The number of halogens is 2. The van der Waals surface area contributed by atoms with Gasteiger partial charge in [-0.15, -0.1) is 24.8 Å². The van der Waals surface area contributed by atoms with E-state index in [1.807, 2.05) is 12.1 Å². The first-order valence-electron chi connectivity index (χ1n) is 5.26. The third kappa shape index (κ3) is 4.56. The number of nitrogens with one attached hydrogen (secondary N) is 1. The van der Waals surface area contributed by atoms with Gasteiger partial charge in [0.15, 0.2) is 0 Å². The largest absolute Gasteiger partial charge is 0.399 e. The van der Waals surface area contributed by atoms with Crippen molar-refractivity contribution in [2.75, 3.05) is 18.8 Å². The second-order valence-electron chi connectivity index (χ2n) is 3.98. The highest BCUT2D eigenvalue weighted by molar-refractivity contribution is 5.85. The van der Waals surface area contributed by atoms with E-state index in [9.17, 15) is 0 Å². The lowest BCUT2D eigenvalue weighted by Gasteiger charge is -2.22. The van der Waals surface area contributed by atoms with Crippen LogP contribution < -0.4 is 11.1 Å². The van der Waals surface area contributed by atoms with Crippen molar-refractivity contribution in [3.8, 4) is 0 Å². The molecule has 0 spiro atoms. The number of nitrogens with zero attached hydrogens (tertiary/aromatic N) is 1. The molecule has 0 saturated carbocycles. The molecule has 3 N–H and O–H groups in total. The predicted octanol–water partition coefficient (Wildman–Crippen LogP) is 2.05. The van der Waals surface area contributed by atoms with Crippen LogP contribution in [0.4, 0.5) is 5.69 Å². The van der Waals surface area contributed by atoms with Crippen molar-refractivity contribution in [2.45, 2.75) is 19.3 Å². The van der Waals surface area contributed by atoms with Crippen LogP contribution in [0.3, 0.4) is 0 Å². The minimum atomic E-state index is 0. The maximum atomic E-state index is 5.71. The Hall–Kier alpha value is -0.510. The molecule has 2 rings (SSSR count). The Kier molecular flexibility index (Phi) is 7.47. The standard InChI is InChI=1S/C11H17N3.2ClH/c12-10-3-6-14-11(8-10)7-9-1-4-13-5-2-9;;/h3,6,8-9,13H,1-2,4-5,7H2,(H2,12,14);2*1H. The molecule has 5 heteroatoms. The lowest BCUT2D eigenvalue weighted by molar-refractivity contribution is 0.370. The van der Waals surface area contributed by atoms with Crippen LogP contribution in [0.2, 0.25) is 0 Å². The van der Waals surface area contributed by atoms with Crippen molar-refractivity contribution in [3.05, 3.63) is 24.0 Å². The summed E-state index contributed by atoms with van der Waals surface area (Å²) in [4.78, 5) is 4.33. The molecule has 0 radical (unpaired) electrons. The van der Waals surface area contributed by atoms with Crippen molar-refractivity contribution in [1.29, 1.82) is 0 Å². The fourth-order valence-corrected chi connectivity index (χ4v) is 1.99. The van der Waals surface area contributed by atoms with Gasteiger partial charge in [-0.1, -0.05) is 0 Å². The van der Waals surface area contributed by atoms with Gasteiger partial charge in [-0.25, -0.2) is 0 Å². The molecule has 0 aromatic carbocycles. The molecule has 1 aromatic heterocycles. The van der Waals surface area contributed by atoms with Crippen molar-refractivity contribution in [1.82, 2.24) is 10.3 Å². The van der Waals surface area contributed by atoms with Crippen LogP contribution in [0.5, 0.6) is 0 Å². The number of aromatic nitrogens is 1. The molecule has 0 bridgehead atoms. The van der Waals surface area contributed by atoms with Crippen LogP contribution in [0.15, 0.2) is 18.3 Å². The zero-order valence-electron chi connectivity index (χ0n) is 9.19. The first-order valence-corrected chi connectivity index (χ1v) is 5.26. The van der Waals surface area contributed by atoms with Crippen LogP contribution in [-0.4, -0.2) is 18.1 Å². The minimum absolute atomic E-state index is 0. The summed E-state index contributed by atoms with van der Waals surface area (Å²) in [5.74, 6) is 0.783. The van der Waals surface area contributed by atoms with E-state index in [4.69, 9.17) is 5.73 Å². The van der Waals surface area contributed by atoms with Gasteiger partial charge < -0.3 is 11.1 Å². The molecular weight excluding hydrogens is 245 g/mol. The van der Waals surface area contributed by atoms with Gasteiger partial charge in [0.05, 0.1) is 0 Å². The molecule has 3 nitrogen and oxygen atoms in total. The first-order chi connectivity index (χ1) is 6.84. The Morgan fingerprint density at radius 1 is 1.31 bits per heavy atom. The lowest BCUT2D eigenvalue weighted by atomic mass is 9.93. The molecule has 0 aliphatic carbocycles. The van der Waals surface area contributed by atoms with Gasteiger partial charge in [0.2, 0.25) is 0 Å². The Morgan fingerprint density at radius 2 is 2.00 bits per heavy atom. The van der Waals surface area contributed by atoms with Crippen molar-refractivity contribution >= 4 is 30.5 Å². The second kappa shape index (κ2) is 7.71. The molecule has 0 amide bonds. The number of pyridine rings is 1. The third-order valence-corrected chi connectivity index (χ3v) is 2.80. The molecular formula is C11H19Cl2N3. The fraction of sp³-hybridized carbons (Fsp3) is 0.545. The van der Waals surface area contributed by atoms with E-state index in [1.54, 1.807) is 6.20 Å². The first kappa shape index (κ1) is 15.5. The minimum Gasteiger partial charge on any atom is -0.399 e. The second-order valence-corrected chi connectivity index (χ2v) is 3.98. The van der Waals surface area contributed by atoms with Crippen molar-refractivity contribution < 1.29 is 0 Å². The van der Waals surface area contributed by atoms with Crippen LogP contribution in [0.25, 0.3) is 0 Å². The summed E-state index contributed by atoms with van der Waals surface area (Å²) in [7, 11) is 0. The van der Waals surface area contributed by atoms with Crippen LogP contribution in [0, 0.1) is 5.92 Å². The van der Waals surface area contributed by atoms with E-state index in [1.165, 1.54) is 12.8 Å². The summed E-state index contributed by atoms with van der Waals surface area (Å²) in [6, 6.07) is 3.83. The topological polar surface area (TPSA) is 50.9 Å². The molecule has 1 fully saturated rings. The van der Waals surface area contributed by atoms with Gasteiger partial charge in [-0.05, 0) is 50.4 Å². The van der Waals surface area contributed by atoms with E-state index in [2.05, 4.69) is 10.3 Å². The molecule has 0 atom stereocenters. The van der Waals surface area contributed by atoms with Crippen LogP contribution in [-0.2, 0) is 6.42 Å². The highest BCUT2D eigenvalue weighted by Crippen LogP contribution is 2.17. The molecule has 16 heavy (non-hydrogen) atoms. The lowest BCUT2D eigenvalue weighted by Crippen LogP contribution is -2.28. The van der Waals surface area contributed by atoms with Gasteiger partial charge in [-0.3, -0.25) is 4.98 Å². The number of nitrogen functional groups attached to an aromatic ring is 1. The molecule has 0 unspecified atom stereocenters. The van der Waals surface area contributed by atoms with Gasteiger partial charge in [-0.2, -0.15) is 0 Å². The molecule has 1 aliphatic heterocycles. The summed E-state index contributed by atoms with van der Waals surface area (Å²) in [6.07, 6.45) is 5.39. The summed E-state index contributed by atoms with van der Waals surface area (Å²) in [6.45, 7) is 2.29. The van der Waals surface area contributed by atoms with Crippen LogP contribution in [0.1, 0.15) is 18.5 Å². The normalized spacial score (nSPS) is 16.0. The van der Waals surface area contributed by atoms with Crippen molar-refractivity contribution in [3.63, 3.8) is 0 Å². The molecule has 1 saturated heterocycles. The van der Waals surface area contributed by atoms with Gasteiger partial charge in [0, 0.05) is 17.6 Å². The van der Waals surface area contributed by atoms with E-state index in [0.29, 0.717) is 0 Å². The quantitative estimate of drug-likeness (QED) is 0.859. The molecule has 1 aromatic rings. The van der Waals surface area contributed by atoms with Gasteiger partial charge in [0.1, 0.15) is 0 Å². The van der Waals surface area contributed by atoms with E-state index in [0.717, 1.165) is 36.8 Å².